The molecule has 3 rings (SSSR count). The molecule has 1 aliphatic heterocycles. The largest absolute Gasteiger partial charge is 0.481 e. The van der Waals surface area contributed by atoms with Gasteiger partial charge in [0.1, 0.15) is 5.75 Å². The van der Waals surface area contributed by atoms with Gasteiger partial charge in [-0.2, -0.15) is 0 Å². The molecule has 7 heteroatoms. The number of urea groups is 1. The average molecular weight is 369 g/mol. The summed E-state index contributed by atoms with van der Waals surface area (Å²) < 4.78 is 5.43. The first-order valence-corrected chi connectivity index (χ1v) is 8.76. The van der Waals surface area contributed by atoms with Crippen molar-refractivity contribution in [2.24, 2.45) is 0 Å². The van der Waals surface area contributed by atoms with Crippen LogP contribution in [0.1, 0.15) is 23.6 Å². The van der Waals surface area contributed by atoms with Crippen LogP contribution < -0.4 is 20.3 Å². The minimum atomic E-state index is -0.380. The normalized spacial score (nSPS) is 14.2. The summed E-state index contributed by atoms with van der Waals surface area (Å²) in [5, 5.41) is 15.0. The molecule has 1 aliphatic rings. The molecule has 2 aromatic carbocycles. The Morgan fingerprint density at radius 3 is 2.70 bits per heavy atom. The number of likely N-dealkylation sites (N-methyl/N-ethyl adjacent to an activating group) is 1. The van der Waals surface area contributed by atoms with Gasteiger partial charge in [0.15, 0.2) is 6.61 Å². The first kappa shape index (κ1) is 18.7. The fourth-order valence-electron chi connectivity index (χ4n) is 2.93. The molecular formula is C20H23N3O4. The van der Waals surface area contributed by atoms with Crippen LogP contribution in [0.2, 0.25) is 0 Å². The molecule has 3 N–H and O–H groups in total. The lowest BCUT2D eigenvalue weighted by molar-refractivity contribution is -0.120. The number of anilines is 2. The van der Waals surface area contributed by atoms with Crippen LogP contribution in [0, 0.1) is 6.92 Å². The second-order valence-corrected chi connectivity index (χ2v) is 6.50. The second-order valence-electron chi connectivity index (χ2n) is 6.50. The molecule has 0 spiro atoms. The van der Waals surface area contributed by atoms with E-state index in [-0.39, 0.29) is 31.2 Å². The highest BCUT2D eigenvalue weighted by atomic mass is 16.5. The van der Waals surface area contributed by atoms with E-state index in [1.807, 2.05) is 31.2 Å². The van der Waals surface area contributed by atoms with Crippen LogP contribution in [0.5, 0.6) is 5.75 Å². The molecule has 0 fully saturated rings. The zero-order valence-corrected chi connectivity index (χ0v) is 15.4. The fourth-order valence-corrected chi connectivity index (χ4v) is 2.93. The van der Waals surface area contributed by atoms with Crippen LogP contribution >= 0.6 is 0 Å². The summed E-state index contributed by atoms with van der Waals surface area (Å²) in [6.07, 6.45) is 0.413. The minimum absolute atomic E-state index is 0.0227. The molecular weight excluding hydrogens is 346 g/mol. The molecule has 2 aromatic rings. The van der Waals surface area contributed by atoms with E-state index in [0.29, 0.717) is 23.5 Å². The number of benzene rings is 2. The zero-order chi connectivity index (χ0) is 19.4. The van der Waals surface area contributed by atoms with Crippen LogP contribution in [0.15, 0.2) is 42.5 Å². The van der Waals surface area contributed by atoms with Gasteiger partial charge in [-0.15, -0.1) is 0 Å². The highest BCUT2D eigenvalue weighted by Crippen LogP contribution is 2.33. The number of nitrogens with zero attached hydrogens (tertiary/aromatic N) is 1. The molecule has 27 heavy (non-hydrogen) atoms. The Labute approximate surface area is 157 Å². The van der Waals surface area contributed by atoms with Crippen molar-refractivity contribution in [2.75, 3.05) is 30.5 Å². The average Bonchev–Trinajstić information content (AvgIpc) is 2.65. The van der Waals surface area contributed by atoms with Crippen molar-refractivity contribution in [3.63, 3.8) is 0 Å². The number of carbonyl (C=O) groups excluding carboxylic acids is 2. The van der Waals surface area contributed by atoms with Crippen molar-refractivity contribution < 1.29 is 19.4 Å². The van der Waals surface area contributed by atoms with Crippen molar-refractivity contribution in [1.29, 1.82) is 0 Å². The number of nitrogens with one attached hydrogen (secondary N) is 2. The number of aliphatic hydroxyl groups excluding tert-OH is 1. The van der Waals surface area contributed by atoms with E-state index in [4.69, 9.17) is 4.74 Å². The van der Waals surface area contributed by atoms with Crippen molar-refractivity contribution in [3.8, 4) is 5.75 Å². The van der Waals surface area contributed by atoms with E-state index < -0.39 is 0 Å². The minimum Gasteiger partial charge on any atom is -0.481 e. The monoisotopic (exact) mass is 369 g/mol. The lowest BCUT2D eigenvalue weighted by atomic mass is 10.0. The third-order valence-electron chi connectivity index (χ3n) is 4.51. The number of hydrogen-bond donors (Lipinski definition) is 3. The first-order valence-electron chi connectivity index (χ1n) is 8.76. The Balaban J connectivity index is 1.69. The van der Waals surface area contributed by atoms with Gasteiger partial charge >= 0.3 is 6.03 Å². The van der Waals surface area contributed by atoms with Gasteiger partial charge < -0.3 is 25.4 Å². The van der Waals surface area contributed by atoms with E-state index in [1.165, 1.54) is 4.90 Å². The quantitative estimate of drug-likeness (QED) is 0.756. The molecule has 1 atom stereocenters. The predicted molar refractivity (Wildman–Crippen MR) is 103 cm³/mol. The number of carbonyl (C=O) groups is 2. The summed E-state index contributed by atoms with van der Waals surface area (Å²) in [6.45, 7) is 1.94. The van der Waals surface area contributed by atoms with E-state index >= 15 is 0 Å². The Kier molecular flexibility index (Phi) is 5.61. The lowest BCUT2D eigenvalue weighted by Gasteiger charge is -2.26. The fraction of sp³-hybridized carbons (Fsp3) is 0.300. The zero-order valence-electron chi connectivity index (χ0n) is 15.4. The van der Waals surface area contributed by atoms with Crippen LogP contribution in [0.3, 0.4) is 0 Å². The molecule has 1 unspecified atom stereocenters. The summed E-state index contributed by atoms with van der Waals surface area (Å²) in [5.74, 6) is 0.422. The first-order chi connectivity index (χ1) is 13.0. The Morgan fingerprint density at radius 1 is 1.26 bits per heavy atom. The Bertz CT molecular complexity index is 836. The molecule has 1 heterocycles. The highest BCUT2D eigenvalue weighted by Gasteiger charge is 2.22. The summed E-state index contributed by atoms with van der Waals surface area (Å²) in [5.41, 5.74) is 3.28. The molecule has 0 radical (unpaired) electrons. The molecule has 0 saturated heterocycles. The molecule has 3 amide bonds. The molecule has 0 bridgehead atoms. The van der Waals surface area contributed by atoms with Gasteiger partial charge in [-0.3, -0.25) is 4.79 Å². The molecule has 0 aliphatic carbocycles. The number of hydrogen-bond acceptors (Lipinski definition) is 4. The van der Waals surface area contributed by atoms with Crippen LogP contribution in [-0.4, -0.2) is 37.3 Å². The van der Waals surface area contributed by atoms with Crippen molar-refractivity contribution in [2.45, 2.75) is 19.4 Å². The highest BCUT2D eigenvalue weighted by molar-refractivity contribution is 5.98. The van der Waals surface area contributed by atoms with Crippen molar-refractivity contribution in [3.05, 3.63) is 53.6 Å². The van der Waals surface area contributed by atoms with Gasteiger partial charge in [0.25, 0.3) is 5.91 Å². The topological polar surface area (TPSA) is 90.9 Å². The van der Waals surface area contributed by atoms with Gasteiger partial charge in [-0.1, -0.05) is 29.8 Å². The maximum Gasteiger partial charge on any atom is 0.319 e. The van der Waals surface area contributed by atoms with Gasteiger partial charge in [0.05, 0.1) is 11.7 Å². The SMILES string of the molecule is Cc1ccc(C(CCO)NC(=O)Nc2ccc3c(c2)OCC(=O)N3C)cc1. The number of fused-ring (bicyclic) bond motifs is 1. The van der Waals surface area contributed by atoms with Crippen molar-refractivity contribution in [1.82, 2.24) is 5.32 Å². The summed E-state index contributed by atoms with van der Waals surface area (Å²) >= 11 is 0. The van der Waals surface area contributed by atoms with E-state index in [2.05, 4.69) is 10.6 Å². The van der Waals surface area contributed by atoms with Gasteiger partial charge in [0.2, 0.25) is 0 Å². The van der Waals surface area contributed by atoms with Crippen LogP contribution in [0.25, 0.3) is 0 Å². The maximum atomic E-state index is 12.4. The van der Waals surface area contributed by atoms with E-state index in [1.54, 1.807) is 25.2 Å². The van der Waals surface area contributed by atoms with Gasteiger partial charge in [-0.05, 0) is 31.0 Å². The van der Waals surface area contributed by atoms with Crippen molar-refractivity contribution >= 4 is 23.3 Å². The molecule has 142 valence electrons. The summed E-state index contributed by atoms with van der Waals surface area (Å²) in [4.78, 5) is 25.6. The lowest BCUT2D eigenvalue weighted by Crippen LogP contribution is -2.35. The smallest absolute Gasteiger partial charge is 0.319 e. The third-order valence-corrected chi connectivity index (χ3v) is 4.51. The number of ether oxygens (including phenoxy) is 1. The van der Waals surface area contributed by atoms with Crippen LogP contribution in [0.4, 0.5) is 16.2 Å². The summed E-state index contributed by atoms with van der Waals surface area (Å²) in [7, 11) is 1.69. The number of aliphatic hydroxyl groups is 1. The standard InChI is InChI=1S/C20H23N3O4/c1-13-3-5-14(6-4-13)16(9-10-24)22-20(26)21-15-7-8-17-18(11-15)27-12-19(25)23(17)2/h3-8,11,16,24H,9-10,12H2,1-2H3,(H2,21,22,26). The maximum absolute atomic E-state index is 12.4. The van der Waals surface area contributed by atoms with Gasteiger partial charge in [0, 0.05) is 25.4 Å². The number of rotatable bonds is 5. The summed E-state index contributed by atoms with van der Waals surface area (Å²) in [6, 6.07) is 12.3. The van der Waals surface area contributed by atoms with Gasteiger partial charge in [-0.25, -0.2) is 4.79 Å². The second kappa shape index (κ2) is 8.09. The predicted octanol–water partition coefficient (Wildman–Crippen LogP) is 2.60. The molecule has 7 nitrogen and oxygen atoms in total. The Hall–Kier alpha value is -3.06. The molecule has 0 saturated carbocycles. The number of aryl methyl sites for hydroxylation is 1. The number of amides is 3. The third kappa shape index (κ3) is 4.38. The Morgan fingerprint density at radius 2 is 2.00 bits per heavy atom. The van der Waals surface area contributed by atoms with Crippen LogP contribution in [-0.2, 0) is 4.79 Å². The molecule has 0 aromatic heterocycles. The van der Waals surface area contributed by atoms with E-state index in [0.717, 1.165) is 11.1 Å². The van der Waals surface area contributed by atoms with E-state index in [9.17, 15) is 14.7 Å².